The first-order valence-corrected chi connectivity index (χ1v) is 6.59. The van der Waals surface area contributed by atoms with Gasteiger partial charge in [-0.15, -0.1) is 0 Å². The van der Waals surface area contributed by atoms with Crippen LogP contribution in [-0.2, 0) is 0 Å². The van der Waals surface area contributed by atoms with Crippen molar-refractivity contribution in [2.24, 2.45) is 0 Å². The molecule has 2 rings (SSSR count). The molecule has 2 heterocycles. The molecule has 3 heteroatoms. The zero-order valence-electron chi connectivity index (χ0n) is 9.45. The first-order valence-electron chi connectivity index (χ1n) is 5.60. The van der Waals surface area contributed by atoms with E-state index in [4.69, 9.17) is 4.42 Å². The SMILES string of the molecule is CC(NCC1(C)CCCS1)c1ccco1. The number of hydrogen-bond donors (Lipinski definition) is 1. The van der Waals surface area contributed by atoms with Crippen molar-refractivity contribution in [1.29, 1.82) is 0 Å². The van der Waals surface area contributed by atoms with E-state index in [9.17, 15) is 0 Å². The van der Waals surface area contributed by atoms with Gasteiger partial charge in [-0.3, -0.25) is 0 Å². The Labute approximate surface area is 95.8 Å². The molecule has 0 aromatic carbocycles. The number of thioether (sulfide) groups is 1. The molecule has 1 aliphatic rings. The Hall–Kier alpha value is -0.410. The second kappa shape index (κ2) is 4.62. The fraction of sp³-hybridized carbons (Fsp3) is 0.667. The lowest BCUT2D eigenvalue weighted by molar-refractivity contribution is 0.412. The quantitative estimate of drug-likeness (QED) is 0.851. The van der Waals surface area contributed by atoms with Gasteiger partial charge in [-0.05, 0) is 44.6 Å². The maximum absolute atomic E-state index is 5.37. The Morgan fingerprint density at radius 3 is 3.13 bits per heavy atom. The molecule has 0 bridgehead atoms. The summed E-state index contributed by atoms with van der Waals surface area (Å²) >= 11 is 2.09. The Bertz CT molecular complexity index is 291. The molecule has 0 amide bonds. The van der Waals surface area contributed by atoms with E-state index in [2.05, 4.69) is 30.9 Å². The van der Waals surface area contributed by atoms with Crippen molar-refractivity contribution >= 4 is 11.8 Å². The van der Waals surface area contributed by atoms with E-state index in [0.717, 1.165) is 12.3 Å². The number of rotatable bonds is 4. The Kier molecular flexibility index (Phi) is 3.42. The van der Waals surface area contributed by atoms with Crippen LogP contribution in [0.4, 0.5) is 0 Å². The first-order chi connectivity index (χ1) is 7.20. The Morgan fingerprint density at radius 1 is 1.67 bits per heavy atom. The summed E-state index contributed by atoms with van der Waals surface area (Å²) < 4.78 is 5.81. The molecule has 0 radical (unpaired) electrons. The Balaban J connectivity index is 1.83. The third-order valence-electron chi connectivity index (χ3n) is 3.05. The zero-order valence-corrected chi connectivity index (χ0v) is 10.3. The van der Waals surface area contributed by atoms with E-state index >= 15 is 0 Å². The van der Waals surface area contributed by atoms with E-state index in [0.29, 0.717) is 10.8 Å². The fourth-order valence-electron chi connectivity index (χ4n) is 1.98. The van der Waals surface area contributed by atoms with Gasteiger partial charge in [0.2, 0.25) is 0 Å². The average Bonchev–Trinajstić information content (AvgIpc) is 2.85. The van der Waals surface area contributed by atoms with Crippen molar-refractivity contribution in [3.63, 3.8) is 0 Å². The highest BCUT2D eigenvalue weighted by Crippen LogP contribution is 2.37. The first kappa shape index (κ1) is 11.1. The number of hydrogen-bond acceptors (Lipinski definition) is 3. The van der Waals surface area contributed by atoms with E-state index in [1.54, 1.807) is 6.26 Å². The van der Waals surface area contributed by atoms with Crippen molar-refractivity contribution in [3.8, 4) is 0 Å². The van der Waals surface area contributed by atoms with E-state index in [1.807, 2.05) is 12.1 Å². The van der Waals surface area contributed by atoms with Gasteiger partial charge < -0.3 is 9.73 Å². The van der Waals surface area contributed by atoms with Gasteiger partial charge in [0.15, 0.2) is 0 Å². The summed E-state index contributed by atoms with van der Waals surface area (Å²) in [6.45, 7) is 5.58. The lowest BCUT2D eigenvalue weighted by Crippen LogP contribution is -2.34. The highest BCUT2D eigenvalue weighted by molar-refractivity contribution is 8.00. The van der Waals surface area contributed by atoms with Gasteiger partial charge in [-0.1, -0.05) is 0 Å². The van der Waals surface area contributed by atoms with Crippen LogP contribution >= 0.6 is 11.8 Å². The average molecular weight is 225 g/mol. The molecule has 2 nitrogen and oxygen atoms in total. The second-order valence-electron chi connectivity index (χ2n) is 4.52. The molecule has 2 atom stereocenters. The minimum atomic E-state index is 0.318. The standard InChI is InChI=1S/C12H19NOS/c1-10(11-5-3-7-14-11)13-9-12(2)6-4-8-15-12/h3,5,7,10,13H,4,6,8-9H2,1-2H3. The van der Waals surface area contributed by atoms with E-state index in [-0.39, 0.29) is 0 Å². The maximum Gasteiger partial charge on any atom is 0.120 e. The highest BCUT2D eigenvalue weighted by atomic mass is 32.2. The molecule has 1 N–H and O–H groups in total. The summed E-state index contributed by atoms with van der Waals surface area (Å²) in [4.78, 5) is 0. The van der Waals surface area contributed by atoms with Crippen molar-refractivity contribution in [2.45, 2.75) is 37.5 Å². The minimum Gasteiger partial charge on any atom is -0.468 e. The van der Waals surface area contributed by atoms with Gasteiger partial charge in [0.25, 0.3) is 0 Å². The summed E-state index contributed by atoms with van der Waals surface area (Å²) in [5.41, 5.74) is 0. The minimum absolute atomic E-state index is 0.318. The predicted molar refractivity (Wildman–Crippen MR) is 65.2 cm³/mol. The van der Waals surface area contributed by atoms with Crippen molar-refractivity contribution in [3.05, 3.63) is 24.2 Å². The third kappa shape index (κ3) is 2.79. The molecule has 1 aromatic heterocycles. The topological polar surface area (TPSA) is 25.2 Å². The predicted octanol–water partition coefficient (Wildman–Crippen LogP) is 3.22. The molecule has 0 saturated carbocycles. The van der Waals surface area contributed by atoms with E-state index < -0.39 is 0 Å². The van der Waals surface area contributed by atoms with Crippen molar-refractivity contribution in [2.75, 3.05) is 12.3 Å². The smallest absolute Gasteiger partial charge is 0.120 e. The lowest BCUT2D eigenvalue weighted by atomic mass is 10.1. The van der Waals surface area contributed by atoms with Crippen LogP contribution in [0.1, 0.15) is 38.5 Å². The molecule has 15 heavy (non-hydrogen) atoms. The van der Waals surface area contributed by atoms with Gasteiger partial charge in [0.05, 0.1) is 12.3 Å². The lowest BCUT2D eigenvalue weighted by Gasteiger charge is -2.25. The molecular formula is C12H19NOS. The van der Waals surface area contributed by atoms with Crippen LogP contribution in [0.2, 0.25) is 0 Å². The van der Waals surface area contributed by atoms with Crippen LogP contribution in [0.25, 0.3) is 0 Å². The second-order valence-corrected chi connectivity index (χ2v) is 6.20. The van der Waals surface area contributed by atoms with Gasteiger partial charge in [-0.25, -0.2) is 0 Å². The van der Waals surface area contributed by atoms with Crippen LogP contribution in [0.5, 0.6) is 0 Å². The number of nitrogens with one attached hydrogen (secondary N) is 1. The maximum atomic E-state index is 5.37. The normalized spacial score (nSPS) is 28.1. The van der Waals surface area contributed by atoms with Crippen LogP contribution in [0, 0.1) is 0 Å². The van der Waals surface area contributed by atoms with Gasteiger partial charge in [0.1, 0.15) is 5.76 Å². The van der Waals surface area contributed by atoms with Crippen LogP contribution in [0.3, 0.4) is 0 Å². The molecule has 1 fully saturated rings. The molecule has 84 valence electrons. The zero-order chi connectivity index (χ0) is 10.7. The molecular weight excluding hydrogens is 206 g/mol. The fourth-order valence-corrected chi connectivity index (χ4v) is 3.24. The van der Waals surface area contributed by atoms with Crippen LogP contribution in [0.15, 0.2) is 22.8 Å². The van der Waals surface area contributed by atoms with E-state index in [1.165, 1.54) is 18.6 Å². The van der Waals surface area contributed by atoms with Crippen molar-refractivity contribution < 1.29 is 4.42 Å². The van der Waals surface area contributed by atoms with Crippen LogP contribution in [-0.4, -0.2) is 17.0 Å². The summed E-state index contributed by atoms with van der Waals surface area (Å²) in [6, 6.07) is 4.29. The van der Waals surface area contributed by atoms with Gasteiger partial charge in [0, 0.05) is 11.3 Å². The number of furan rings is 1. The molecule has 1 saturated heterocycles. The molecule has 2 unspecified atom stereocenters. The molecule has 0 aliphatic carbocycles. The summed E-state index contributed by atoms with van der Waals surface area (Å²) in [5.74, 6) is 2.34. The van der Waals surface area contributed by atoms with Crippen molar-refractivity contribution in [1.82, 2.24) is 5.32 Å². The van der Waals surface area contributed by atoms with Gasteiger partial charge in [-0.2, -0.15) is 11.8 Å². The summed E-state index contributed by atoms with van der Waals surface area (Å²) in [6.07, 6.45) is 4.42. The highest BCUT2D eigenvalue weighted by Gasteiger charge is 2.29. The molecule has 1 aromatic rings. The monoisotopic (exact) mass is 225 g/mol. The van der Waals surface area contributed by atoms with Gasteiger partial charge >= 0.3 is 0 Å². The largest absolute Gasteiger partial charge is 0.468 e. The third-order valence-corrected chi connectivity index (χ3v) is 4.59. The molecule has 1 aliphatic heterocycles. The summed E-state index contributed by atoms with van der Waals surface area (Å²) in [7, 11) is 0. The Morgan fingerprint density at radius 2 is 2.53 bits per heavy atom. The molecule has 0 spiro atoms. The summed E-state index contributed by atoms with van der Waals surface area (Å²) in [5, 5.41) is 3.55. The van der Waals surface area contributed by atoms with Crippen LogP contribution < -0.4 is 5.32 Å².